The van der Waals surface area contributed by atoms with Gasteiger partial charge in [-0.15, -0.1) is 0 Å². The molecule has 0 aromatic carbocycles. The molecule has 0 bridgehead atoms. The van der Waals surface area contributed by atoms with Crippen LogP contribution in [0.3, 0.4) is 0 Å². The van der Waals surface area contributed by atoms with Crippen LogP contribution in [0.2, 0.25) is 0 Å². The van der Waals surface area contributed by atoms with Crippen LogP contribution >= 0.6 is 0 Å². The molecule has 0 spiro atoms. The van der Waals surface area contributed by atoms with E-state index in [1.165, 1.54) is 6.33 Å². The molecule has 1 fully saturated rings. The summed E-state index contributed by atoms with van der Waals surface area (Å²) in [5, 5.41) is 22.8. The quantitative estimate of drug-likeness (QED) is 0.563. The van der Waals surface area contributed by atoms with Gasteiger partial charge in [0.2, 0.25) is 12.1 Å². The minimum Gasteiger partial charge on any atom is -0.396 e. The van der Waals surface area contributed by atoms with Crippen LogP contribution in [0, 0.1) is 15.5 Å². The maximum atomic E-state index is 10.7. The van der Waals surface area contributed by atoms with Crippen molar-refractivity contribution in [2.75, 3.05) is 18.5 Å². The van der Waals surface area contributed by atoms with Gasteiger partial charge in [0.15, 0.2) is 0 Å². The van der Waals surface area contributed by atoms with Crippen LogP contribution in [-0.2, 0) is 7.05 Å². The summed E-state index contributed by atoms with van der Waals surface area (Å²) in [6.07, 6.45) is 3.32. The van der Waals surface area contributed by atoms with Gasteiger partial charge in [0.25, 0.3) is 0 Å². The van der Waals surface area contributed by atoms with Gasteiger partial charge in [0, 0.05) is 19.0 Å². The van der Waals surface area contributed by atoms with Crippen molar-refractivity contribution >= 4 is 11.6 Å². The zero-order chi connectivity index (χ0) is 11.8. The summed E-state index contributed by atoms with van der Waals surface area (Å²) >= 11 is 0. The first-order chi connectivity index (χ1) is 7.58. The predicted molar refractivity (Wildman–Crippen MR) is 57.1 cm³/mol. The average Bonchev–Trinajstić information content (AvgIpc) is 2.94. The van der Waals surface area contributed by atoms with Crippen LogP contribution in [0.1, 0.15) is 12.8 Å². The van der Waals surface area contributed by atoms with E-state index in [0.717, 1.165) is 12.8 Å². The van der Waals surface area contributed by atoms with E-state index in [4.69, 9.17) is 5.11 Å². The third-order valence-corrected chi connectivity index (χ3v) is 3.01. The van der Waals surface area contributed by atoms with Gasteiger partial charge in [-0.1, -0.05) is 0 Å². The third-order valence-electron chi connectivity index (χ3n) is 3.01. The van der Waals surface area contributed by atoms with Gasteiger partial charge in [-0.25, -0.2) is 0 Å². The Morgan fingerprint density at radius 1 is 1.75 bits per heavy atom. The number of aliphatic hydroxyl groups excluding tert-OH is 1. The van der Waals surface area contributed by atoms with E-state index in [1.807, 2.05) is 0 Å². The molecule has 1 aromatic heterocycles. The summed E-state index contributed by atoms with van der Waals surface area (Å²) in [5.41, 5.74) is -0.0852. The van der Waals surface area contributed by atoms with Gasteiger partial charge in [-0.3, -0.25) is 4.57 Å². The van der Waals surface area contributed by atoms with Gasteiger partial charge in [0.05, 0.1) is 6.61 Å². The van der Waals surface area contributed by atoms with Crippen molar-refractivity contribution in [3.8, 4) is 0 Å². The largest absolute Gasteiger partial charge is 0.406 e. The molecule has 0 saturated heterocycles. The van der Waals surface area contributed by atoms with E-state index in [2.05, 4.69) is 10.3 Å². The highest BCUT2D eigenvalue weighted by molar-refractivity contribution is 5.52. The molecule has 1 aromatic rings. The number of imidazole rings is 1. The molecule has 0 aliphatic heterocycles. The molecule has 0 unspecified atom stereocenters. The average molecular weight is 226 g/mol. The highest BCUT2D eigenvalue weighted by Crippen LogP contribution is 2.45. The van der Waals surface area contributed by atoms with Crippen LogP contribution in [0.5, 0.6) is 0 Å². The second-order valence-corrected chi connectivity index (χ2v) is 4.30. The van der Waals surface area contributed by atoms with Gasteiger partial charge >= 0.3 is 5.82 Å². The number of hydrogen-bond acceptors (Lipinski definition) is 5. The molecule has 7 nitrogen and oxygen atoms in total. The van der Waals surface area contributed by atoms with E-state index in [9.17, 15) is 10.1 Å². The summed E-state index contributed by atoms with van der Waals surface area (Å²) in [6.45, 7) is 0.662. The first-order valence-electron chi connectivity index (χ1n) is 5.08. The smallest absolute Gasteiger partial charge is 0.396 e. The second-order valence-electron chi connectivity index (χ2n) is 4.30. The minimum absolute atomic E-state index is 0.0852. The van der Waals surface area contributed by atoms with Crippen LogP contribution in [0.25, 0.3) is 0 Å². The number of nitrogens with zero attached hydrogens (tertiary/aromatic N) is 3. The first-order valence-corrected chi connectivity index (χ1v) is 5.08. The van der Waals surface area contributed by atoms with Crippen molar-refractivity contribution in [3.63, 3.8) is 0 Å². The van der Waals surface area contributed by atoms with Crippen LogP contribution in [-0.4, -0.2) is 32.7 Å². The van der Waals surface area contributed by atoms with E-state index in [-0.39, 0.29) is 17.8 Å². The summed E-state index contributed by atoms with van der Waals surface area (Å²) < 4.78 is 1.57. The van der Waals surface area contributed by atoms with Crippen molar-refractivity contribution in [2.24, 2.45) is 12.5 Å². The topological polar surface area (TPSA) is 93.2 Å². The number of hydrogen-bond donors (Lipinski definition) is 2. The lowest BCUT2D eigenvalue weighted by atomic mass is 10.1. The normalized spacial score (nSPS) is 17.1. The Morgan fingerprint density at radius 3 is 2.94 bits per heavy atom. The number of aromatic nitrogens is 2. The monoisotopic (exact) mass is 226 g/mol. The van der Waals surface area contributed by atoms with Gasteiger partial charge < -0.3 is 20.5 Å². The molecule has 88 valence electrons. The molecule has 7 heteroatoms. The van der Waals surface area contributed by atoms with E-state index in [0.29, 0.717) is 12.4 Å². The lowest BCUT2D eigenvalue weighted by Crippen LogP contribution is -2.20. The predicted octanol–water partition coefficient (Wildman–Crippen LogP) is 0.513. The number of rotatable bonds is 5. The molecular weight excluding hydrogens is 212 g/mol. The summed E-state index contributed by atoms with van der Waals surface area (Å²) in [5.74, 6) is 0.223. The number of nitro groups is 1. The fourth-order valence-electron chi connectivity index (χ4n) is 1.59. The minimum atomic E-state index is -0.513. The van der Waals surface area contributed by atoms with Gasteiger partial charge in [-0.05, 0) is 22.7 Å². The Morgan fingerprint density at radius 2 is 2.44 bits per heavy atom. The first kappa shape index (κ1) is 10.9. The van der Waals surface area contributed by atoms with Crippen molar-refractivity contribution in [1.82, 2.24) is 9.55 Å². The fourth-order valence-corrected chi connectivity index (χ4v) is 1.59. The van der Waals surface area contributed by atoms with Crippen molar-refractivity contribution in [2.45, 2.75) is 12.8 Å². The summed E-state index contributed by atoms with van der Waals surface area (Å²) in [6, 6.07) is 0. The molecule has 2 N–H and O–H groups in total. The standard InChI is InChI=1S/C9H14N4O3/c1-12-6-11-8(13(15)16)7(12)10-4-9(5-14)2-3-9/h6,10,14H,2-5H2,1H3. The van der Waals surface area contributed by atoms with Crippen LogP contribution in [0.4, 0.5) is 11.6 Å². The van der Waals surface area contributed by atoms with Crippen molar-refractivity contribution in [1.29, 1.82) is 0 Å². The Bertz CT molecular complexity index is 411. The SMILES string of the molecule is Cn1cnc([N+](=O)[O-])c1NCC1(CO)CC1. The van der Waals surface area contributed by atoms with Crippen LogP contribution < -0.4 is 5.32 Å². The van der Waals surface area contributed by atoms with Crippen molar-refractivity contribution < 1.29 is 10.0 Å². The Labute approximate surface area is 92.3 Å². The molecule has 1 aliphatic carbocycles. The molecule has 0 radical (unpaired) electrons. The molecule has 16 heavy (non-hydrogen) atoms. The second kappa shape index (κ2) is 3.75. The maximum Gasteiger partial charge on any atom is 0.406 e. The fraction of sp³-hybridized carbons (Fsp3) is 0.667. The Balaban J connectivity index is 2.08. The summed E-state index contributed by atoms with van der Waals surface area (Å²) in [7, 11) is 1.70. The van der Waals surface area contributed by atoms with E-state index >= 15 is 0 Å². The Kier molecular flexibility index (Phi) is 2.55. The Hall–Kier alpha value is -1.63. The molecule has 0 amide bonds. The lowest BCUT2D eigenvalue weighted by Gasteiger charge is -2.13. The molecule has 2 rings (SSSR count). The van der Waals surface area contributed by atoms with Crippen LogP contribution in [0.15, 0.2) is 6.33 Å². The molecule has 1 heterocycles. The van der Waals surface area contributed by atoms with Gasteiger partial charge in [0.1, 0.15) is 0 Å². The highest BCUT2D eigenvalue weighted by Gasteiger charge is 2.42. The van der Waals surface area contributed by atoms with Crippen molar-refractivity contribution in [3.05, 3.63) is 16.4 Å². The number of anilines is 1. The summed E-state index contributed by atoms with van der Waals surface area (Å²) in [4.78, 5) is 13.9. The zero-order valence-electron chi connectivity index (χ0n) is 9.01. The third kappa shape index (κ3) is 1.85. The number of nitrogens with one attached hydrogen (secondary N) is 1. The molecule has 1 aliphatic rings. The van der Waals surface area contributed by atoms with Gasteiger partial charge in [-0.2, -0.15) is 0 Å². The maximum absolute atomic E-state index is 10.7. The highest BCUT2D eigenvalue weighted by atomic mass is 16.6. The van der Waals surface area contributed by atoms with E-state index < -0.39 is 4.92 Å². The molecule has 1 saturated carbocycles. The lowest BCUT2D eigenvalue weighted by molar-refractivity contribution is -0.388. The number of aliphatic hydroxyl groups is 1. The van der Waals surface area contributed by atoms with E-state index in [1.54, 1.807) is 11.6 Å². The zero-order valence-corrected chi connectivity index (χ0v) is 9.01. The molecular formula is C9H14N4O3. The number of aryl methyl sites for hydroxylation is 1. The molecule has 0 atom stereocenters.